The van der Waals surface area contributed by atoms with Crippen molar-refractivity contribution in [3.8, 4) is 0 Å². The fraction of sp³-hybridized carbons (Fsp3) is 0.778. The molecule has 13 heavy (non-hydrogen) atoms. The average Bonchev–Trinajstić information content (AvgIpc) is 2.60. The Morgan fingerprint density at radius 2 is 2.15 bits per heavy atom. The van der Waals surface area contributed by atoms with Gasteiger partial charge in [0.25, 0.3) is 0 Å². The van der Waals surface area contributed by atoms with Crippen molar-refractivity contribution < 1.29 is 19.1 Å². The van der Waals surface area contributed by atoms with Crippen molar-refractivity contribution in [1.29, 1.82) is 0 Å². The fourth-order valence-electron chi connectivity index (χ4n) is 1.36. The van der Waals surface area contributed by atoms with Gasteiger partial charge < -0.3 is 9.47 Å². The number of hydrogen-bond donors (Lipinski definition) is 0. The topological polar surface area (TPSA) is 52.6 Å². The predicted molar refractivity (Wildman–Crippen MR) is 44.9 cm³/mol. The van der Waals surface area contributed by atoms with Crippen LogP contribution in [0, 0.1) is 5.92 Å². The van der Waals surface area contributed by atoms with E-state index in [-0.39, 0.29) is 17.9 Å². The number of rotatable bonds is 3. The van der Waals surface area contributed by atoms with E-state index >= 15 is 0 Å². The van der Waals surface area contributed by atoms with Gasteiger partial charge in [-0.1, -0.05) is 0 Å². The SMILES string of the molecule is CCOC(=O)[C@@H]1C[C@]1(C)OC(C)=O. The van der Waals surface area contributed by atoms with Crippen molar-refractivity contribution in [2.45, 2.75) is 32.8 Å². The van der Waals surface area contributed by atoms with Crippen LogP contribution < -0.4 is 0 Å². The van der Waals surface area contributed by atoms with Crippen LogP contribution in [0.25, 0.3) is 0 Å². The molecule has 0 bridgehead atoms. The zero-order chi connectivity index (χ0) is 10.1. The maximum absolute atomic E-state index is 11.2. The number of esters is 2. The van der Waals surface area contributed by atoms with E-state index in [0.29, 0.717) is 13.0 Å². The van der Waals surface area contributed by atoms with Gasteiger partial charge in [0.2, 0.25) is 0 Å². The molecule has 2 atom stereocenters. The largest absolute Gasteiger partial charge is 0.466 e. The normalized spacial score (nSPS) is 30.8. The van der Waals surface area contributed by atoms with Crippen LogP contribution in [0.3, 0.4) is 0 Å². The van der Waals surface area contributed by atoms with Crippen molar-refractivity contribution in [3.63, 3.8) is 0 Å². The van der Waals surface area contributed by atoms with Gasteiger partial charge in [0, 0.05) is 13.3 Å². The Balaban J connectivity index is 2.43. The second-order valence-electron chi connectivity index (χ2n) is 3.42. The highest BCUT2D eigenvalue weighted by Gasteiger charge is 2.59. The molecule has 74 valence electrons. The summed E-state index contributed by atoms with van der Waals surface area (Å²) in [4.78, 5) is 21.8. The van der Waals surface area contributed by atoms with Crippen molar-refractivity contribution in [2.75, 3.05) is 6.61 Å². The summed E-state index contributed by atoms with van der Waals surface area (Å²) in [6.07, 6.45) is 0.575. The minimum Gasteiger partial charge on any atom is -0.466 e. The van der Waals surface area contributed by atoms with Gasteiger partial charge in [-0.25, -0.2) is 0 Å². The minimum atomic E-state index is -0.613. The standard InChI is InChI=1S/C9H14O4/c1-4-12-8(11)7-5-9(7,3)13-6(2)10/h7H,4-5H2,1-3H3/t7-,9-/m0/s1. The lowest BCUT2D eigenvalue weighted by atomic mass is 10.3. The zero-order valence-corrected chi connectivity index (χ0v) is 8.12. The Bertz CT molecular complexity index is 236. The molecule has 0 aromatic rings. The third kappa shape index (κ3) is 2.20. The van der Waals surface area contributed by atoms with Crippen LogP contribution in [-0.2, 0) is 19.1 Å². The Morgan fingerprint density at radius 1 is 1.54 bits per heavy atom. The number of carbonyl (C=O) groups excluding carboxylic acids is 2. The van der Waals surface area contributed by atoms with Crippen LogP contribution in [0.1, 0.15) is 27.2 Å². The zero-order valence-electron chi connectivity index (χ0n) is 8.12. The van der Waals surface area contributed by atoms with Crippen molar-refractivity contribution in [3.05, 3.63) is 0 Å². The Morgan fingerprint density at radius 3 is 2.62 bits per heavy atom. The van der Waals surface area contributed by atoms with Gasteiger partial charge in [-0.15, -0.1) is 0 Å². The first kappa shape index (κ1) is 10.0. The molecule has 0 spiro atoms. The molecule has 1 saturated carbocycles. The number of ether oxygens (including phenoxy) is 2. The lowest BCUT2D eigenvalue weighted by Gasteiger charge is -2.10. The molecule has 1 fully saturated rings. The number of hydrogen-bond acceptors (Lipinski definition) is 4. The third-order valence-electron chi connectivity index (χ3n) is 2.13. The summed E-state index contributed by atoms with van der Waals surface area (Å²) in [7, 11) is 0. The molecule has 0 N–H and O–H groups in total. The Kier molecular flexibility index (Phi) is 2.59. The highest BCUT2D eigenvalue weighted by Crippen LogP contribution is 2.47. The smallest absolute Gasteiger partial charge is 0.313 e. The molecule has 1 rings (SSSR count). The molecular weight excluding hydrogens is 172 g/mol. The van der Waals surface area contributed by atoms with E-state index in [4.69, 9.17) is 9.47 Å². The lowest BCUT2D eigenvalue weighted by molar-refractivity contribution is -0.153. The quantitative estimate of drug-likeness (QED) is 0.614. The molecule has 4 heteroatoms. The van der Waals surface area contributed by atoms with Crippen LogP contribution in [-0.4, -0.2) is 24.1 Å². The molecule has 0 radical (unpaired) electrons. The maximum Gasteiger partial charge on any atom is 0.313 e. The molecule has 0 aromatic heterocycles. The highest BCUT2D eigenvalue weighted by atomic mass is 16.6. The first-order valence-electron chi connectivity index (χ1n) is 4.36. The molecular formula is C9H14O4. The molecule has 4 nitrogen and oxygen atoms in total. The van der Waals surface area contributed by atoms with Crippen molar-refractivity contribution in [2.24, 2.45) is 5.92 Å². The summed E-state index contributed by atoms with van der Waals surface area (Å²) < 4.78 is 9.80. The first-order chi connectivity index (χ1) is 5.99. The van der Waals surface area contributed by atoms with Gasteiger partial charge >= 0.3 is 11.9 Å². The van der Waals surface area contributed by atoms with E-state index in [1.165, 1.54) is 6.92 Å². The maximum atomic E-state index is 11.2. The molecule has 0 aromatic carbocycles. The second kappa shape index (κ2) is 3.36. The van der Waals surface area contributed by atoms with E-state index < -0.39 is 5.60 Å². The van der Waals surface area contributed by atoms with Gasteiger partial charge in [0.15, 0.2) is 0 Å². The molecule has 0 aliphatic heterocycles. The summed E-state index contributed by atoms with van der Waals surface area (Å²) in [5, 5.41) is 0. The van der Waals surface area contributed by atoms with Gasteiger partial charge in [0.05, 0.1) is 6.61 Å². The average molecular weight is 186 g/mol. The summed E-state index contributed by atoms with van der Waals surface area (Å²) in [5.41, 5.74) is -0.613. The summed E-state index contributed by atoms with van der Waals surface area (Å²) in [6, 6.07) is 0. The summed E-state index contributed by atoms with van der Waals surface area (Å²) >= 11 is 0. The molecule has 1 aliphatic rings. The number of carbonyl (C=O) groups is 2. The predicted octanol–water partition coefficient (Wildman–Crippen LogP) is 0.891. The summed E-state index contributed by atoms with van der Waals surface area (Å²) in [5.74, 6) is -0.892. The Hall–Kier alpha value is -1.06. The van der Waals surface area contributed by atoms with E-state index in [2.05, 4.69) is 0 Å². The minimum absolute atomic E-state index is 0.267. The fourth-order valence-corrected chi connectivity index (χ4v) is 1.36. The van der Waals surface area contributed by atoms with Crippen LogP contribution >= 0.6 is 0 Å². The second-order valence-corrected chi connectivity index (χ2v) is 3.42. The molecule has 0 heterocycles. The highest BCUT2D eigenvalue weighted by molar-refractivity contribution is 5.79. The van der Waals surface area contributed by atoms with Crippen molar-refractivity contribution in [1.82, 2.24) is 0 Å². The van der Waals surface area contributed by atoms with Gasteiger partial charge in [-0.2, -0.15) is 0 Å². The van der Waals surface area contributed by atoms with E-state index in [9.17, 15) is 9.59 Å². The van der Waals surface area contributed by atoms with Gasteiger partial charge in [-0.05, 0) is 13.8 Å². The van der Waals surface area contributed by atoms with Gasteiger partial charge in [-0.3, -0.25) is 9.59 Å². The Labute approximate surface area is 77.2 Å². The lowest BCUT2D eigenvalue weighted by Crippen LogP contribution is -2.21. The van der Waals surface area contributed by atoms with Crippen LogP contribution in [0.2, 0.25) is 0 Å². The summed E-state index contributed by atoms with van der Waals surface area (Å²) in [6.45, 7) is 5.21. The van der Waals surface area contributed by atoms with Crippen molar-refractivity contribution >= 4 is 11.9 Å². The van der Waals surface area contributed by atoms with Gasteiger partial charge in [0.1, 0.15) is 11.5 Å². The van der Waals surface area contributed by atoms with Crippen LogP contribution in [0.5, 0.6) is 0 Å². The van der Waals surface area contributed by atoms with Crippen LogP contribution in [0.15, 0.2) is 0 Å². The van der Waals surface area contributed by atoms with E-state index in [1.54, 1.807) is 13.8 Å². The first-order valence-corrected chi connectivity index (χ1v) is 4.36. The monoisotopic (exact) mass is 186 g/mol. The molecule has 1 aliphatic carbocycles. The third-order valence-corrected chi connectivity index (χ3v) is 2.13. The molecule has 0 saturated heterocycles. The van der Waals surface area contributed by atoms with E-state index in [1.807, 2.05) is 0 Å². The molecule has 0 amide bonds. The van der Waals surface area contributed by atoms with E-state index in [0.717, 1.165) is 0 Å². The van der Waals surface area contributed by atoms with Crippen LogP contribution in [0.4, 0.5) is 0 Å². The molecule has 0 unspecified atom stereocenters.